The van der Waals surface area contributed by atoms with E-state index in [9.17, 15) is 9.90 Å². The van der Waals surface area contributed by atoms with Gasteiger partial charge in [0.1, 0.15) is 11.4 Å². The highest BCUT2D eigenvalue weighted by Crippen LogP contribution is 2.37. The van der Waals surface area contributed by atoms with E-state index in [1.165, 1.54) is 83.2 Å². The Bertz CT molecular complexity index is 1110. The fraction of sp³-hybridized carbons (Fsp3) is 0.621. The van der Waals surface area contributed by atoms with Gasteiger partial charge in [-0.3, -0.25) is 9.98 Å². The second-order valence-electron chi connectivity index (χ2n) is 11.1. The Labute approximate surface area is 220 Å². The Morgan fingerprint density at radius 2 is 1.92 bits per heavy atom. The largest absolute Gasteiger partial charge is 0.475 e. The molecule has 0 saturated heterocycles. The summed E-state index contributed by atoms with van der Waals surface area (Å²) in [5.74, 6) is 1.56. The van der Waals surface area contributed by atoms with Gasteiger partial charge in [-0.1, -0.05) is 32.1 Å². The highest BCUT2D eigenvalue weighted by molar-refractivity contribution is 6.38. The summed E-state index contributed by atoms with van der Waals surface area (Å²) < 4.78 is 0. The van der Waals surface area contributed by atoms with Crippen LogP contribution in [0.15, 0.2) is 45.2 Å². The Morgan fingerprint density at radius 3 is 2.54 bits per heavy atom. The lowest BCUT2D eigenvalue weighted by molar-refractivity contribution is -0.129. The van der Waals surface area contributed by atoms with Crippen LogP contribution < -0.4 is 5.32 Å². The summed E-state index contributed by atoms with van der Waals surface area (Å²) in [6, 6.07) is 4.63. The van der Waals surface area contributed by atoms with Gasteiger partial charge >= 0.3 is 5.97 Å². The number of rotatable bonds is 7. The molecule has 8 heteroatoms. The van der Waals surface area contributed by atoms with Crippen LogP contribution in [-0.4, -0.2) is 58.1 Å². The molecule has 0 radical (unpaired) electrons. The van der Waals surface area contributed by atoms with Crippen molar-refractivity contribution < 1.29 is 9.90 Å². The first kappa shape index (κ1) is 25.6. The number of carboxylic acid groups (broad SMARTS) is 1. The van der Waals surface area contributed by atoms with E-state index in [0.29, 0.717) is 29.6 Å². The lowest BCUT2D eigenvalue weighted by Gasteiger charge is -2.33. The lowest BCUT2D eigenvalue weighted by Crippen LogP contribution is -2.37. The molecule has 0 aromatic carbocycles. The van der Waals surface area contributed by atoms with Crippen molar-refractivity contribution in [1.29, 1.82) is 0 Å². The SMILES string of the molecule is C\N=C(/N=C1/N=C(c2cc(C3CCC3)ccn2)N(CC2CCCCC2)/C1=C\N[C@H](C)C1CCC1)C(=O)O. The van der Waals surface area contributed by atoms with Gasteiger partial charge in [-0.2, -0.15) is 0 Å². The van der Waals surface area contributed by atoms with Gasteiger partial charge in [0.05, 0.1) is 0 Å². The summed E-state index contributed by atoms with van der Waals surface area (Å²) >= 11 is 0. The maximum absolute atomic E-state index is 11.8. The average Bonchev–Trinajstić information content (AvgIpc) is 3.16. The average molecular weight is 505 g/mol. The standard InChI is InChI=1S/C29H40N6O2/c1-19(21-10-6-11-21)32-17-25-26(33-27(30-2)29(36)37)34-28(35(25)18-20-8-4-3-5-9-20)24-16-23(14-15-31-24)22-12-7-13-22/h14-17,19-22,32H,3-13,18H2,1-2H3,(H,36,37)/b25-17-,30-27-,33-26+/t19-/m1/s1. The van der Waals surface area contributed by atoms with Gasteiger partial charge in [-0.25, -0.2) is 14.8 Å². The predicted molar refractivity (Wildman–Crippen MR) is 147 cm³/mol. The molecule has 3 saturated carbocycles. The smallest absolute Gasteiger partial charge is 0.373 e. The topological polar surface area (TPSA) is 103 Å². The number of carboxylic acids is 1. The van der Waals surface area contributed by atoms with Gasteiger partial charge in [0.15, 0.2) is 11.7 Å². The first-order valence-corrected chi connectivity index (χ1v) is 14.1. The molecular weight excluding hydrogens is 464 g/mol. The van der Waals surface area contributed by atoms with Crippen LogP contribution in [0.4, 0.5) is 0 Å². The number of nitrogens with zero attached hydrogens (tertiary/aromatic N) is 5. The molecule has 0 amide bonds. The van der Waals surface area contributed by atoms with E-state index in [-0.39, 0.29) is 5.84 Å². The summed E-state index contributed by atoms with van der Waals surface area (Å²) in [4.78, 5) is 32.0. The molecule has 0 unspecified atom stereocenters. The summed E-state index contributed by atoms with van der Waals surface area (Å²) in [7, 11) is 1.46. The third kappa shape index (κ3) is 5.78. The lowest BCUT2D eigenvalue weighted by atomic mass is 9.80. The fourth-order valence-corrected chi connectivity index (χ4v) is 5.83. The van der Waals surface area contributed by atoms with E-state index in [1.807, 2.05) is 12.4 Å². The minimum atomic E-state index is -1.15. The number of amidine groups is 3. The maximum Gasteiger partial charge on any atom is 0.373 e. The molecule has 1 aromatic rings. The zero-order valence-electron chi connectivity index (χ0n) is 22.2. The van der Waals surface area contributed by atoms with Gasteiger partial charge in [-0.15, -0.1) is 0 Å². The third-order valence-corrected chi connectivity index (χ3v) is 8.70. The van der Waals surface area contributed by atoms with Crippen LogP contribution in [0.1, 0.15) is 94.7 Å². The molecule has 1 aromatic heterocycles. The number of hydrogen-bond acceptors (Lipinski definition) is 5. The van der Waals surface area contributed by atoms with Crippen molar-refractivity contribution in [2.75, 3.05) is 13.6 Å². The monoisotopic (exact) mass is 504 g/mol. The van der Waals surface area contributed by atoms with Crippen molar-refractivity contribution in [1.82, 2.24) is 15.2 Å². The van der Waals surface area contributed by atoms with E-state index >= 15 is 0 Å². The molecule has 0 bridgehead atoms. The van der Waals surface area contributed by atoms with Crippen molar-refractivity contribution in [3.63, 3.8) is 0 Å². The van der Waals surface area contributed by atoms with Crippen molar-refractivity contribution >= 4 is 23.5 Å². The van der Waals surface area contributed by atoms with E-state index in [1.54, 1.807) is 0 Å². The molecule has 2 N–H and O–H groups in total. The zero-order chi connectivity index (χ0) is 25.8. The molecule has 5 rings (SSSR count). The molecule has 37 heavy (non-hydrogen) atoms. The van der Waals surface area contributed by atoms with Crippen LogP contribution in [0.3, 0.4) is 0 Å². The number of pyridine rings is 1. The fourth-order valence-electron chi connectivity index (χ4n) is 5.83. The highest BCUT2D eigenvalue weighted by atomic mass is 16.4. The van der Waals surface area contributed by atoms with E-state index in [2.05, 4.69) is 39.3 Å². The molecule has 3 fully saturated rings. The van der Waals surface area contributed by atoms with Gasteiger partial charge in [0.25, 0.3) is 0 Å². The quantitative estimate of drug-likeness (QED) is 0.396. The van der Waals surface area contributed by atoms with E-state index in [4.69, 9.17) is 9.98 Å². The van der Waals surface area contributed by atoms with E-state index < -0.39 is 5.97 Å². The van der Waals surface area contributed by atoms with Crippen LogP contribution in [0, 0.1) is 11.8 Å². The Kier molecular flexibility index (Phi) is 8.01. The van der Waals surface area contributed by atoms with Crippen molar-refractivity contribution in [3.05, 3.63) is 41.5 Å². The number of aromatic nitrogens is 1. The third-order valence-electron chi connectivity index (χ3n) is 8.70. The minimum Gasteiger partial charge on any atom is -0.475 e. The summed E-state index contributed by atoms with van der Waals surface area (Å²) in [6.07, 6.45) is 17.6. The number of aliphatic imine (C=N–C) groups is 3. The molecule has 2 heterocycles. The van der Waals surface area contributed by atoms with Gasteiger partial charge < -0.3 is 15.3 Å². The molecule has 4 aliphatic rings. The second kappa shape index (κ2) is 11.6. The Hall–Kier alpha value is -3.03. The summed E-state index contributed by atoms with van der Waals surface area (Å²) in [6.45, 7) is 3.05. The Balaban J connectivity index is 1.53. The number of aliphatic carboxylic acids is 1. The van der Waals surface area contributed by atoms with Crippen molar-refractivity contribution in [2.24, 2.45) is 26.8 Å². The van der Waals surface area contributed by atoms with Crippen LogP contribution >= 0.6 is 0 Å². The molecular formula is C29H40N6O2. The molecule has 3 aliphatic carbocycles. The Morgan fingerprint density at radius 1 is 1.16 bits per heavy atom. The number of carbonyl (C=O) groups is 1. The molecule has 198 valence electrons. The van der Waals surface area contributed by atoms with Gasteiger partial charge in [-0.05, 0) is 80.9 Å². The maximum atomic E-state index is 11.8. The van der Waals surface area contributed by atoms with Crippen molar-refractivity contribution in [3.8, 4) is 0 Å². The normalized spacial score (nSPS) is 24.6. The van der Waals surface area contributed by atoms with Crippen LogP contribution in [-0.2, 0) is 4.79 Å². The van der Waals surface area contributed by atoms with Gasteiger partial charge in [0, 0.05) is 32.0 Å². The van der Waals surface area contributed by atoms with Gasteiger partial charge in [0.2, 0.25) is 5.84 Å². The molecule has 8 nitrogen and oxygen atoms in total. The van der Waals surface area contributed by atoms with Crippen LogP contribution in [0.2, 0.25) is 0 Å². The zero-order valence-corrected chi connectivity index (χ0v) is 22.2. The molecule has 0 spiro atoms. The second-order valence-corrected chi connectivity index (χ2v) is 11.1. The molecule has 1 aliphatic heterocycles. The first-order chi connectivity index (χ1) is 18.0. The van der Waals surface area contributed by atoms with Crippen LogP contribution in [0.5, 0.6) is 0 Å². The number of nitrogens with one attached hydrogen (secondary N) is 1. The molecule has 1 atom stereocenters. The number of hydrogen-bond donors (Lipinski definition) is 2. The minimum absolute atomic E-state index is 0.244. The predicted octanol–water partition coefficient (Wildman–Crippen LogP) is 5.12. The van der Waals surface area contributed by atoms with Crippen molar-refractivity contribution in [2.45, 2.75) is 89.5 Å². The van der Waals surface area contributed by atoms with Crippen LogP contribution in [0.25, 0.3) is 0 Å². The summed E-state index contributed by atoms with van der Waals surface area (Å²) in [5.41, 5.74) is 2.95. The van der Waals surface area contributed by atoms with E-state index in [0.717, 1.165) is 23.8 Å². The summed E-state index contributed by atoms with van der Waals surface area (Å²) in [5, 5.41) is 13.2. The highest BCUT2D eigenvalue weighted by Gasteiger charge is 2.34. The first-order valence-electron chi connectivity index (χ1n) is 14.1.